The Hall–Kier alpha value is -3.42. The highest BCUT2D eigenvalue weighted by molar-refractivity contribution is 6.10. The first-order chi connectivity index (χ1) is 13.4. The van der Waals surface area contributed by atoms with Gasteiger partial charge in [0.25, 0.3) is 0 Å². The molecule has 1 heterocycles. The van der Waals surface area contributed by atoms with Crippen LogP contribution >= 0.6 is 0 Å². The molecule has 0 aliphatic rings. The van der Waals surface area contributed by atoms with Gasteiger partial charge >= 0.3 is 12.6 Å². The second-order valence-electron chi connectivity index (χ2n) is 5.90. The van der Waals surface area contributed by atoms with Crippen LogP contribution in [0, 0.1) is 0 Å². The smallest absolute Gasteiger partial charge is 0.387 e. The van der Waals surface area contributed by atoms with Crippen molar-refractivity contribution >= 4 is 22.7 Å². The number of ether oxygens (including phenoxy) is 3. The van der Waals surface area contributed by atoms with Gasteiger partial charge in [0.2, 0.25) is 5.78 Å². The summed E-state index contributed by atoms with van der Waals surface area (Å²) < 4.78 is 39.3. The minimum absolute atomic E-state index is 0.0389. The number of esters is 1. The average Bonchev–Trinajstić information content (AvgIpc) is 3.11. The summed E-state index contributed by atoms with van der Waals surface area (Å²) in [7, 11) is 1.26. The molecule has 0 fully saturated rings. The number of rotatable bonds is 7. The number of benzene rings is 2. The fourth-order valence-electron chi connectivity index (χ4n) is 2.76. The average molecular weight is 389 g/mol. The predicted octanol–water partition coefficient (Wildman–Crippen LogP) is 4.21. The normalized spacial score (nSPS) is 12.0. The van der Waals surface area contributed by atoms with Crippen molar-refractivity contribution in [2.24, 2.45) is 0 Å². The van der Waals surface area contributed by atoms with Gasteiger partial charge in [0, 0.05) is 22.7 Å². The maximum atomic E-state index is 12.7. The Balaban J connectivity index is 1.76. The maximum absolute atomic E-state index is 12.7. The number of H-pyrrole nitrogens is 1. The molecule has 8 heteroatoms. The molecular formula is C20H17F2NO5. The summed E-state index contributed by atoms with van der Waals surface area (Å²) in [4.78, 5) is 28.0. The van der Waals surface area contributed by atoms with Crippen molar-refractivity contribution in [1.82, 2.24) is 4.98 Å². The number of aromatic nitrogens is 1. The topological polar surface area (TPSA) is 77.6 Å². The minimum Gasteiger partial charge on any atom is -0.493 e. The summed E-state index contributed by atoms with van der Waals surface area (Å²) in [6.07, 6.45) is 0.520. The van der Waals surface area contributed by atoms with E-state index < -0.39 is 18.7 Å². The van der Waals surface area contributed by atoms with Crippen LogP contribution in [0.25, 0.3) is 10.9 Å². The first-order valence-corrected chi connectivity index (χ1v) is 8.35. The van der Waals surface area contributed by atoms with E-state index in [1.807, 2.05) is 12.1 Å². The van der Waals surface area contributed by atoms with Gasteiger partial charge < -0.3 is 19.2 Å². The van der Waals surface area contributed by atoms with Crippen molar-refractivity contribution in [1.29, 1.82) is 0 Å². The number of para-hydroxylation sites is 1. The van der Waals surface area contributed by atoms with Gasteiger partial charge in [-0.15, -0.1) is 0 Å². The summed E-state index contributed by atoms with van der Waals surface area (Å²) in [5.74, 6) is -1.42. The maximum Gasteiger partial charge on any atom is 0.387 e. The molecule has 28 heavy (non-hydrogen) atoms. The third kappa shape index (κ3) is 3.95. The molecule has 1 N–H and O–H groups in total. The quantitative estimate of drug-likeness (QED) is 0.484. The van der Waals surface area contributed by atoms with Gasteiger partial charge in [0.15, 0.2) is 17.6 Å². The van der Waals surface area contributed by atoms with E-state index in [-0.39, 0.29) is 22.8 Å². The standard InChI is InChI=1S/C20H17F2NO5/c1-11(18(24)14-10-23-15-6-4-3-5-13(14)15)27-19(25)12-7-8-16(28-20(21)22)17(9-12)26-2/h3-11,20,23H,1-2H3. The Bertz CT molecular complexity index is 1010. The van der Waals surface area contributed by atoms with Crippen molar-refractivity contribution in [3.63, 3.8) is 0 Å². The molecular weight excluding hydrogens is 372 g/mol. The van der Waals surface area contributed by atoms with Gasteiger partial charge in [0.1, 0.15) is 0 Å². The van der Waals surface area contributed by atoms with Crippen LogP contribution in [0.5, 0.6) is 11.5 Å². The summed E-state index contributed by atoms with van der Waals surface area (Å²) in [6.45, 7) is -1.56. The Morgan fingerprint density at radius 2 is 1.82 bits per heavy atom. The molecule has 0 amide bonds. The number of Topliss-reactive ketones (excluding diaryl/α,β-unsaturated/α-hetero) is 1. The van der Waals surface area contributed by atoms with Crippen LogP contribution in [0.3, 0.4) is 0 Å². The number of hydrogen-bond acceptors (Lipinski definition) is 5. The summed E-state index contributed by atoms with van der Waals surface area (Å²) in [5, 5.41) is 0.727. The van der Waals surface area contributed by atoms with E-state index in [0.717, 1.165) is 10.9 Å². The van der Waals surface area contributed by atoms with Gasteiger partial charge in [-0.05, 0) is 31.2 Å². The van der Waals surface area contributed by atoms with Crippen LogP contribution in [-0.4, -0.2) is 36.6 Å². The number of hydrogen-bond donors (Lipinski definition) is 1. The number of aromatic amines is 1. The highest BCUT2D eigenvalue weighted by atomic mass is 19.3. The molecule has 146 valence electrons. The van der Waals surface area contributed by atoms with Gasteiger partial charge in [-0.25, -0.2) is 4.79 Å². The third-order valence-corrected chi connectivity index (χ3v) is 4.12. The van der Waals surface area contributed by atoms with E-state index in [1.54, 1.807) is 18.3 Å². The number of carbonyl (C=O) groups is 2. The van der Waals surface area contributed by atoms with Crippen molar-refractivity contribution in [2.45, 2.75) is 19.6 Å². The highest BCUT2D eigenvalue weighted by Gasteiger charge is 2.23. The van der Waals surface area contributed by atoms with Crippen LogP contribution in [0.2, 0.25) is 0 Å². The van der Waals surface area contributed by atoms with Crippen molar-refractivity contribution in [3.05, 3.63) is 59.8 Å². The zero-order valence-electron chi connectivity index (χ0n) is 15.1. The van der Waals surface area contributed by atoms with E-state index in [1.165, 1.54) is 32.2 Å². The van der Waals surface area contributed by atoms with E-state index in [4.69, 9.17) is 9.47 Å². The molecule has 0 spiro atoms. The Morgan fingerprint density at radius 1 is 1.07 bits per heavy atom. The number of alkyl halides is 2. The lowest BCUT2D eigenvalue weighted by Crippen LogP contribution is -2.24. The van der Waals surface area contributed by atoms with Gasteiger partial charge in [-0.3, -0.25) is 4.79 Å². The summed E-state index contributed by atoms with van der Waals surface area (Å²) in [5.41, 5.74) is 1.25. The van der Waals surface area contributed by atoms with Crippen LogP contribution in [0.15, 0.2) is 48.7 Å². The van der Waals surface area contributed by atoms with E-state index >= 15 is 0 Å². The number of halogens is 2. The largest absolute Gasteiger partial charge is 0.493 e. The zero-order valence-corrected chi connectivity index (χ0v) is 15.1. The Labute approximate surface area is 159 Å². The number of carbonyl (C=O) groups excluding carboxylic acids is 2. The van der Waals surface area contributed by atoms with Crippen molar-refractivity contribution in [3.8, 4) is 11.5 Å². The lowest BCUT2D eigenvalue weighted by Gasteiger charge is -2.14. The molecule has 2 aromatic carbocycles. The second-order valence-corrected chi connectivity index (χ2v) is 5.90. The van der Waals surface area contributed by atoms with Crippen LogP contribution < -0.4 is 9.47 Å². The SMILES string of the molecule is COc1cc(C(=O)OC(C)C(=O)c2c[nH]c3ccccc23)ccc1OC(F)F. The highest BCUT2D eigenvalue weighted by Crippen LogP contribution is 2.30. The third-order valence-electron chi connectivity index (χ3n) is 4.12. The molecule has 3 rings (SSSR count). The minimum atomic E-state index is -3.03. The molecule has 1 atom stereocenters. The van der Waals surface area contributed by atoms with Gasteiger partial charge in [-0.1, -0.05) is 18.2 Å². The second kappa shape index (κ2) is 8.08. The molecule has 6 nitrogen and oxygen atoms in total. The molecule has 0 saturated heterocycles. The van der Waals surface area contributed by atoms with Gasteiger partial charge in [-0.2, -0.15) is 8.78 Å². The predicted molar refractivity (Wildman–Crippen MR) is 97.1 cm³/mol. The van der Waals surface area contributed by atoms with E-state index in [2.05, 4.69) is 9.72 Å². The summed E-state index contributed by atoms with van der Waals surface area (Å²) >= 11 is 0. The molecule has 3 aromatic rings. The Kier molecular flexibility index (Phi) is 5.58. The molecule has 0 aliphatic carbocycles. The van der Waals surface area contributed by atoms with Crippen LogP contribution in [0.1, 0.15) is 27.6 Å². The zero-order chi connectivity index (χ0) is 20.3. The number of ketones is 1. The Morgan fingerprint density at radius 3 is 2.54 bits per heavy atom. The van der Waals surface area contributed by atoms with E-state index in [0.29, 0.717) is 5.56 Å². The van der Waals surface area contributed by atoms with Crippen LogP contribution in [-0.2, 0) is 4.74 Å². The fourth-order valence-corrected chi connectivity index (χ4v) is 2.76. The molecule has 1 aromatic heterocycles. The van der Waals surface area contributed by atoms with Gasteiger partial charge in [0.05, 0.1) is 12.7 Å². The van der Waals surface area contributed by atoms with Crippen molar-refractivity contribution in [2.75, 3.05) is 7.11 Å². The lowest BCUT2D eigenvalue weighted by atomic mass is 10.1. The molecule has 0 bridgehead atoms. The first-order valence-electron chi connectivity index (χ1n) is 8.35. The molecule has 1 unspecified atom stereocenters. The monoisotopic (exact) mass is 389 g/mol. The number of methoxy groups -OCH3 is 1. The number of fused-ring (bicyclic) bond motifs is 1. The number of nitrogens with one attached hydrogen (secondary N) is 1. The summed E-state index contributed by atoms with van der Waals surface area (Å²) in [6, 6.07) is 10.9. The molecule has 0 saturated carbocycles. The molecule has 0 radical (unpaired) electrons. The fraction of sp³-hybridized carbons (Fsp3) is 0.200. The first kappa shape index (κ1) is 19.3. The van der Waals surface area contributed by atoms with Crippen molar-refractivity contribution < 1.29 is 32.6 Å². The molecule has 0 aliphatic heterocycles. The lowest BCUT2D eigenvalue weighted by molar-refractivity contribution is -0.0512. The van der Waals surface area contributed by atoms with Crippen LogP contribution in [0.4, 0.5) is 8.78 Å². The van der Waals surface area contributed by atoms with E-state index in [9.17, 15) is 18.4 Å².